The van der Waals surface area contributed by atoms with Crippen molar-refractivity contribution in [2.24, 2.45) is 0 Å². The van der Waals surface area contributed by atoms with Crippen molar-refractivity contribution in [1.82, 2.24) is 10.2 Å². The van der Waals surface area contributed by atoms with Crippen LogP contribution >= 0.6 is 0 Å². The van der Waals surface area contributed by atoms with Gasteiger partial charge >= 0.3 is 0 Å². The molecule has 1 saturated heterocycles. The Morgan fingerprint density at radius 2 is 2.06 bits per heavy atom. The van der Waals surface area contributed by atoms with E-state index in [0.29, 0.717) is 12.1 Å². The van der Waals surface area contributed by atoms with Gasteiger partial charge in [-0.3, -0.25) is 4.90 Å². The Bertz CT molecular complexity index is 323. The molecule has 0 radical (unpaired) electrons. The van der Waals surface area contributed by atoms with Crippen molar-refractivity contribution in [3.05, 3.63) is 35.9 Å². The molecule has 0 amide bonds. The van der Waals surface area contributed by atoms with Crippen LogP contribution in [0.15, 0.2) is 30.3 Å². The molecule has 0 saturated carbocycles. The second-order valence-corrected chi connectivity index (χ2v) is 5.16. The highest BCUT2D eigenvalue weighted by Gasteiger charge is 2.23. The maximum atomic E-state index is 3.64. The van der Waals surface area contributed by atoms with Crippen LogP contribution in [-0.2, 0) is 6.54 Å². The molecule has 1 fully saturated rings. The summed E-state index contributed by atoms with van der Waals surface area (Å²) in [6, 6.07) is 12.1. The highest BCUT2D eigenvalue weighted by molar-refractivity contribution is 5.14. The Balaban J connectivity index is 1.94. The lowest BCUT2D eigenvalue weighted by Gasteiger charge is -2.39. The van der Waals surface area contributed by atoms with Gasteiger partial charge in [0.25, 0.3) is 0 Å². The molecule has 1 heterocycles. The first-order valence-electron chi connectivity index (χ1n) is 6.81. The Hall–Kier alpha value is -0.860. The third-order valence-electron chi connectivity index (χ3n) is 3.65. The average Bonchev–Trinajstić information content (AvgIpc) is 2.35. The Morgan fingerprint density at radius 1 is 1.29 bits per heavy atom. The van der Waals surface area contributed by atoms with E-state index >= 15 is 0 Å². The van der Waals surface area contributed by atoms with Crippen molar-refractivity contribution in [3.8, 4) is 0 Å². The molecular formula is C15H24N2. The van der Waals surface area contributed by atoms with Crippen molar-refractivity contribution in [2.45, 2.75) is 45.3 Å². The summed E-state index contributed by atoms with van der Waals surface area (Å²) in [6.45, 7) is 7.98. The predicted octanol–water partition coefficient (Wildman–Crippen LogP) is 2.65. The van der Waals surface area contributed by atoms with E-state index in [1.807, 2.05) is 0 Å². The minimum atomic E-state index is 0.642. The van der Waals surface area contributed by atoms with E-state index in [0.717, 1.165) is 13.1 Å². The molecule has 1 aromatic carbocycles. The molecule has 0 aliphatic carbocycles. The van der Waals surface area contributed by atoms with Crippen molar-refractivity contribution >= 4 is 0 Å². The molecule has 2 rings (SSSR count). The number of benzene rings is 1. The van der Waals surface area contributed by atoms with E-state index in [2.05, 4.69) is 54.4 Å². The maximum Gasteiger partial charge on any atom is 0.0237 e. The number of hydrogen-bond donors (Lipinski definition) is 1. The minimum Gasteiger partial charge on any atom is -0.311 e. The van der Waals surface area contributed by atoms with E-state index in [-0.39, 0.29) is 0 Å². The molecule has 0 bridgehead atoms. The molecule has 1 unspecified atom stereocenters. The van der Waals surface area contributed by atoms with Crippen LogP contribution in [0.25, 0.3) is 0 Å². The number of nitrogens with zero attached hydrogens (tertiary/aromatic N) is 1. The van der Waals surface area contributed by atoms with Crippen LogP contribution in [0.5, 0.6) is 0 Å². The summed E-state index contributed by atoms with van der Waals surface area (Å²) in [6.07, 6.45) is 2.56. The standard InChI is InChI=1S/C15H24N2/c1-3-7-15-12-17(13(2)10-16-15)11-14-8-5-4-6-9-14/h4-6,8-9,13,15-16H,3,7,10-12H2,1-2H3/t13-,15?/m1/s1. The first-order chi connectivity index (χ1) is 8.29. The number of rotatable bonds is 4. The van der Waals surface area contributed by atoms with Gasteiger partial charge in [-0.2, -0.15) is 0 Å². The Labute approximate surface area is 105 Å². The van der Waals surface area contributed by atoms with Gasteiger partial charge in [0.15, 0.2) is 0 Å². The fraction of sp³-hybridized carbons (Fsp3) is 0.600. The summed E-state index contributed by atoms with van der Waals surface area (Å²) >= 11 is 0. The topological polar surface area (TPSA) is 15.3 Å². The van der Waals surface area contributed by atoms with Crippen LogP contribution in [-0.4, -0.2) is 30.1 Å². The van der Waals surface area contributed by atoms with Gasteiger partial charge in [-0.1, -0.05) is 43.7 Å². The summed E-state index contributed by atoms with van der Waals surface area (Å²) < 4.78 is 0. The maximum absolute atomic E-state index is 3.64. The van der Waals surface area contributed by atoms with Crippen LogP contribution in [0.4, 0.5) is 0 Å². The molecule has 1 aliphatic rings. The van der Waals surface area contributed by atoms with Crippen molar-refractivity contribution < 1.29 is 0 Å². The van der Waals surface area contributed by atoms with Gasteiger partial charge in [0.05, 0.1) is 0 Å². The van der Waals surface area contributed by atoms with Gasteiger partial charge in [-0.05, 0) is 18.9 Å². The highest BCUT2D eigenvalue weighted by Crippen LogP contribution is 2.14. The molecule has 2 atom stereocenters. The van der Waals surface area contributed by atoms with E-state index in [4.69, 9.17) is 0 Å². The lowest BCUT2D eigenvalue weighted by atomic mass is 10.0. The van der Waals surface area contributed by atoms with Gasteiger partial charge < -0.3 is 5.32 Å². The fourth-order valence-corrected chi connectivity index (χ4v) is 2.57. The fourth-order valence-electron chi connectivity index (χ4n) is 2.57. The SMILES string of the molecule is CCCC1CN(Cc2ccccc2)[C@H](C)CN1. The summed E-state index contributed by atoms with van der Waals surface area (Å²) in [7, 11) is 0. The second-order valence-electron chi connectivity index (χ2n) is 5.16. The highest BCUT2D eigenvalue weighted by atomic mass is 15.2. The monoisotopic (exact) mass is 232 g/mol. The van der Waals surface area contributed by atoms with E-state index < -0.39 is 0 Å². The number of hydrogen-bond acceptors (Lipinski definition) is 2. The van der Waals surface area contributed by atoms with E-state index in [9.17, 15) is 0 Å². The predicted molar refractivity (Wildman–Crippen MR) is 73.0 cm³/mol. The molecular weight excluding hydrogens is 208 g/mol. The van der Waals surface area contributed by atoms with Crippen LogP contribution in [0.3, 0.4) is 0 Å². The third kappa shape index (κ3) is 3.55. The van der Waals surface area contributed by atoms with Crippen LogP contribution in [0.2, 0.25) is 0 Å². The Morgan fingerprint density at radius 3 is 2.76 bits per heavy atom. The smallest absolute Gasteiger partial charge is 0.0237 e. The molecule has 0 spiro atoms. The van der Waals surface area contributed by atoms with Gasteiger partial charge in [0.1, 0.15) is 0 Å². The van der Waals surface area contributed by atoms with Crippen LogP contribution in [0, 0.1) is 0 Å². The van der Waals surface area contributed by atoms with E-state index in [1.165, 1.54) is 24.9 Å². The first-order valence-corrected chi connectivity index (χ1v) is 6.81. The number of nitrogens with one attached hydrogen (secondary N) is 1. The van der Waals surface area contributed by atoms with Crippen molar-refractivity contribution in [2.75, 3.05) is 13.1 Å². The summed E-state index contributed by atoms with van der Waals surface area (Å²) in [4.78, 5) is 2.60. The lowest BCUT2D eigenvalue weighted by Crippen LogP contribution is -2.54. The molecule has 1 N–H and O–H groups in total. The van der Waals surface area contributed by atoms with Crippen LogP contribution in [0.1, 0.15) is 32.3 Å². The molecule has 2 nitrogen and oxygen atoms in total. The molecule has 17 heavy (non-hydrogen) atoms. The zero-order valence-electron chi connectivity index (χ0n) is 11.0. The van der Waals surface area contributed by atoms with E-state index in [1.54, 1.807) is 0 Å². The second kappa shape index (κ2) is 6.18. The molecule has 0 aromatic heterocycles. The molecule has 1 aliphatic heterocycles. The average molecular weight is 232 g/mol. The van der Waals surface area contributed by atoms with Gasteiger partial charge in [-0.15, -0.1) is 0 Å². The molecule has 94 valence electrons. The van der Waals surface area contributed by atoms with Crippen LogP contribution < -0.4 is 5.32 Å². The summed E-state index contributed by atoms with van der Waals surface area (Å²) in [5, 5.41) is 3.64. The number of piperazine rings is 1. The minimum absolute atomic E-state index is 0.642. The zero-order chi connectivity index (χ0) is 12.1. The van der Waals surface area contributed by atoms with Crippen molar-refractivity contribution in [3.63, 3.8) is 0 Å². The largest absolute Gasteiger partial charge is 0.311 e. The van der Waals surface area contributed by atoms with Gasteiger partial charge in [-0.25, -0.2) is 0 Å². The third-order valence-corrected chi connectivity index (χ3v) is 3.65. The Kier molecular flexibility index (Phi) is 4.57. The normalized spacial score (nSPS) is 26.0. The summed E-state index contributed by atoms with van der Waals surface area (Å²) in [5.74, 6) is 0. The van der Waals surface area contributed by atoms with Gasteiger partial charge in [0.2, 0.25) is 0 Å². The molecule has 2 heteroatoms. The summed E-state index contributed by atoms with van der Waals surface area (Å²) in [5.41, 5.74) is 1.43. The van der Waals surface area contributed by atoms with Gasteiger partial charge in [0, 0.05) is 31.7 Å². The lowest BCUT2D eigenvalue weighted by molar-refractivity contribution is 0.129. The first kappa shape index (κ1) is 12.6. The molecule has 1 aromatic rings. The van der Waals surface area contributed by atoms with Crippen molar-refractivity contribution in [1.29, 1.82) is 0 Å². The zero-order valence-corrected chi connectivity index (χ0v) is 11.0. The quantitative estimate of drug-likeness (QED) is 0.858.